The zero-order valence-electron chi connectivity index (χ0n) is 11.0. The predicted octanol–water partition coefficient (Wildman–Crippen LogP) is 0.414. The fourth-order valence-corrected chi connectivity index (χ4v) is 1.75. The number of carbonyl (C=O) groups is 1. The van der Waals surface area contributed by atoms with Crippen molar-refractivity contribution in [2.45, 2.75) is 6.54 Å². The highest BCUT2D eigenvalue weighted by Gasteiger charge is 2.08. The Bertz CT molecular complexity index is 639. The van der Waals surface area contributed by atoms with E-state index in [-0.39, 0.29) is 5.56 Å². The summed E-state index contributed by atoms with van der Waals surface area (Å²) in [6.07, 6.45) is 3.64. The van der Waals surface area contributed by atoms with E-state index in [9.17, 15) is 9.59 Å². The molecule has 7 heteroatoms. The smallest absolute Gasteiger partial charge is 0.274 e. The number of rotatable bonds is 6. The van der Waals surface area contributed by atoms with Gasteiger partial charge in [0.15, 0.2) is 6.29 Å². The highest BCUT2D eigenvalue weighted by Crippen LogP contribution is 2.09. The largest absolute Gasteiger partial charge is 0.336 e. The Balaban J connectivity index is 2.35. The van der Waals surface area contributed by atoms with Crippen LogP contribution in [0.1, 0.15) is 10.5 Å². The summed E-state index contributed by atoms with van der Waals surface area (Å²) in [4.78, 5) is 31.1. The quantitative estimate of drug-likeness (QED) is 0.741. The molecule has 2 N–H and O–H groups in total. The first kappa shape index (κ1) is 13.9. The SMILES string of the molecule is CNCCn1c(C=O)ccc(Nc2ccncn2)c1=O. The van der Waals surface area contributed by atoms with E-state index >= 15 is 0 Å². The van der Waals surface area contributed by atoms with E-state index in [0.29, 0.717) is 36.6 Å². The Kier molecular flexibility index (Phi) is 4.56. The first-order valence-corrected chi connectivity index (χ1v) is 6.13. The van der Waals surface area contributed by atoms with Crippen LogP contribution in [0.4, 0.5) is 11.5 Å². The number of aromatic nitrogens is 3. The molecule has 0 fully saturated rings. The van der Waals surface area contributed by atoms with Gasteiger partial charge in [-0.3, -0.25) is 9.59 Å². The summed E-state index contributed by atoms with van der Waals surface area (Å²) in [6.45, 7) is 1.01. The van der Waals surface area contributed by atoms with Gasteiger partial charge in [-0.05, 0) is 25.2 Å². The van der Waals surface area contributed by atoms with Crippen LogP contribution in [0.2, 0.25) is 0 Å². The molecule has 0 saturated heterocycles. The predicted molar refractivity (Wildman–Crippen MR) is 75.3 cm³/mol. The van der Waals surface area contributed by atoms with Crippen LogP contribution in [-0.2, 0) is 6.54 Å². The minimum Gasteiger partial charge on any atom is -0.336 e. The summed E-state index contributed by atoms with van der Waals surface area (Å²) in [7, 11) is 1.79. The van der Waals surface area contributed by atoms with Crippen LogP contribution in [0, 0.1) is 0 Å². The highest BCUT2D eigenvalue weighted by atomic mass is 16.1. The van der Waals surface area contributed by atoms with Crippen molar-refractivity contribution in [1.29, 1.82) is 0 Å². The van der Waals surface area contributed by atoms with Crippen LogP contribution < -0.4 is 16.2 Å². The van der Waals surface area contributed by atoms with Crippen molar-refractivity contribution in [2.24, 2.45) is 0 Å². The number of likely N-dealkylation sites (N-methyl/N-ethyl adjacent to an activating group) is 1. The van der Waals surface area contributed by atoms with E-state index < -0.39 is 0 Å². The monoisotopic (exact) mass is 273 g/mol. The van der Waals surface area contributed by atoms with Gasteiger partial charge in [-0.25, -0.2) is 9.97 Å². The molecule has 7 nitrogen and oxygen atoms in total. The lowest BCUT2D eigenvalue weighted by molar-refractivity contribution is 0.111. The van der Waals surface area contributed by atoms with Gasteiger partial charge in [0.1, 0.15) is 17.8 Å². The molecule has 2 rings (SSSR count). The maximum absolute atomic E-state index is 12.3. The molecule has 0 saturated carbocycles. The standard InChI is InChI=1S/C13H15N5O2/c1-14-6-7-18-10(8-19)2-3-11(13(18)20)17-12-4-5-15-9-16-12/h2-5,8-9,14H,6-7H2,1H3,(H,15,16,17). The maximum atomic E-state index is 12.3. The summed E-state index contributed by atoms with van der Waals surface area (Å²) in [6, 6.07) is 4.84. The van der Waals surface area contributed by atoms with Crippen LogP contribution in [0.15, 0.2) is 35.5 Å². The molecule has 2 aromatic rings. The molecule has 0 unspecified atom stereocenters. The molecule has 20 heavy (non-hydrogen) atoms. The highest BCUT2D eigenvalue weighted by molar-refractivity contribution is 5.73. The Morgan fingerprint density at radius 1 is 1.35 bits per heavy atom. The van der Waals surface area contributed by atoms with Gasteiger partial charge >= 0.3 is 0 Å². The maximum Gasteiger partial charge on any atom is 0.274 e. The second-order valence-electron chi connectivity index (χ2n) is 4.07. The topological polar surface area (TPSA) is 88.9 Å². The van der Waals surface area contributed by atoms with Gasteiger partial charge in [0, 0.05) is 19.3 Å². The van der Waals surface area contributed by atoms with Gasteiger partial charge in [0.25, 0.3) is 5.56 Å². The first-order valence-electron chi connectivity index (χ1n) is 6.13. The van der Waals surface area contributed by atoms with E-state index in [1.54, 1.807) is 31.4 Å². The Morgan fingerprint density at radius 3 is 2.85 bits per heavy atom. The van der Waals surface area contributed by atoms with E-state index in [1.165, 1.54) is 10.9 Å². The third-order valence-corrected chi connectivity index (χ3v) is 2.76. The molecule has 0 aliphatic carbocycles. The third-order valence-electron chi connectivity index (χ3n) is 2.76. The van der Waals surface area contributed by atoms with Crippen LogP contribution in [-0.4, -0.2) is 34.4 Å². The molecule has 2 heterocycles. The number of anilines is 2. The summed E-state index contributed by atoms with van der Waals surface area (Å²) < 4.78 is 1.42. The van der Waals surface area contributed by atoms with Crippen molar-refractivity contribution in [3.63, 3.8) is 0 Å². The molecule has 0 aliphatic heterocycles. The summed E-state index contributed by atoms with van der Waals surface area (Å²) >= 11 is 0. The molecule has 104 valence electrons. The molecule has 0 bridgehead atoms. The van der Waals surface area contributed by atoms with Gasteiger partial charge in [-0.1, -0.05) is 0 Å². The number of carbonyl (C=O) groups excluding carboxylic acids is 1. The second-order valence-corrected chi connectivity index (χ2v) is 4.07. The zero-order chi connectivity index (χ0) is 14.4. The number of nitrogens with zero attached hydrogens (tertiary/aromatic N) is 3. The van der Waals surface area contributed by atoms with E-state index in [1.807, 2.05) is 0 Å². The van der Waals surface area contributed by atoms with Gasteiger partial charge in [0.2, 0.25) is 0 Å². The normalized spacial score (nSPS) is 10.2. The fraction of sp³-hybridized carbons (Fsp3) is 0.231. The molecule has 0 radical (unpaired) electrons. The third kappa shape index (κ3) is 3.07. The molecule has 0 atom stereocenters. The lowest BCUT2D eigenvalue weighted by Gasteiger charge is -2.11. The Morgan fingerprint density at radius 2 is 2.20 bits per heavy atom. The lowest BCUT2D eigenvalue weighted by Crippen LogP contribution is -2.29. The second kappa shape index (κ2) is 6.58. The Hall–Kier alpha value is -2.54. The van der Waals surface area contributed by atoms with Crippen molar-refractivity contribution in [2.75, 3.05) is 18.9 Å². The van der Waals surface area contributed by atoms with Crippen LogP contribution >= 0.6 is 0 Å². The van der Waals surface area contributed by atoms with Gasteiger partial charge in [0.05, 0.1) is 5.69 Å². The molecule has 0 spiro atoms. The van der Waals surface area contributed by atoms with Crippen LogP contribution in [0.5, 0.6) is 0 Å². The zero-order valence-corrected chi connectivity index (χ0v) is 11.0. The van der Waals surface area contributed by atoms with Crippen molar-refractivity contribution < 1.29 is 4.79 Å². The average Bonchev–Trinajstić information content (AvgIpc) is 2.49. The van der Waals surface area contributed by atoms with Crippen molar-refractivity contribution in [1.82, 2.24) is 19.9 Å². The number of pyridine rings is 1. The summed E-state index contributed by atoms with van der Waals surface area (Å²) in [5, 5.41) is 5.87. The van der Waals surface area contributed by atoms with E-state index in [0.717, 1.165) is 0 Å². The number of nitrogens with one attached hydrogen (secondary N) is 2. The number of hydrogen-bond donors (Lipinski definition) is 2. The van der Waals surface area contributed by atoms with Gasteiger partial charge < -0.3 is 15.2 Å². The minimum atomic E-state index is -0.261. The Labute approximate surface area is 115 Å². The van der Waals surface area contributed by atoms with Crippen molar-refractivity contribution >= 4 is 17.8 Å². The van der Waals surface area contributed by atoms with Crippen molar-refractivity contribution in [3.05, 3.63) is 46.8 Å². The van der Waals surface area contributed by atoms with Crippen LogP contribution in [0.3, 0.4) is 0 Å². The lowest BCUT2D eigenvalue weighted by atomic mass is 10.3. The van der Waals surface area contributed by atoms with Crippen LogP contribution in [0.25, 0.3) is 0 Å². The van der Waals surface area contributed by atoms with Crippen molar-refractivity contribution in [3.8, 4) is 0 Å². The molecule has 0 aliphatic rings. The molecule has 0 aromatic carbocycles. The number of hydrogen-bond acceptors (Lipinski definition) is 6. The minimum absolute atomic E-state index is 0.261. The van der Waals surface area contributed by atoms with E-state index in [4.69, 9.17) is 0 Å². The number of aldehydes is 1. The molecule has 0 amide bonds. The summed E-state index contributed by atoms with van der Waals surface area (Å²) in [5.74, 6) is 0.524. The van der Waals surface area contributed by atoms with Gasteiger partial charge in [-0.2, -0.15) is 0 Å². The summed E-state index contributed by atoms with van der Waals surface area (Å²) in [5.41, 5.74) is 0.451. The van der Waals surface area contributed by atoms with E-state index in [2.05, 4.69) is 20.6 Å². The molecule has 2 aromatic heterocycles. The first-order chi connectivity index (χ1) is 9.76. The molecular weight excluding hydrogens is 258 g/mol. The average molecular weight is 273 g/mol. The van der Waals surface area contributed by atoms with Gasteiger partial charge in [-0.15, -0.1) is 0 Å². The molecular formula is C13H15N5O2. The fourth-order valence-electron chi connectivity index (χ4n) is 1.75.